The first-order valence-electron chi connectivity index (χ1n) is 10.6. The van der Waals surface area contributed by atoms with Gasteiger partial charge in [-0.05, 0) is 36.1 Å². The Morgan fingerprint density at radius 3 is 2.55 bits per heavy atom. The molecule has 180 valence electrons. The SMILES string of the molecule is CC[C@@H](NC(=O)N1CCc2cnc(C[C@@H](C)C(F)(F)F)nc2C1)c1ccc(OC(F)F)cc1. The summed E-state index contributed by atoms with van der Waals surface area (Å²) in [7, 11) is 0. The summed E-state index contributed by atoms with van der Waals surface area (Å²) < 4.78 is 67.6. The molecule has 0 bridgehead atoms. The van der Waals surface area contributed by atoms with Gasteiger partial charge in [0.2, 0.25) is 0 Å². The van der Waals surface area contributed by atoms with Gasteiger partial charge in [-0.25, -0.2) is 14.8 Å². The summed E-state index contributed by atoms with van der Waals surface area (Å²) in [6.45, 7) is 0.619. The van der Waals surface area contributed by atoms with E-state index in [4.69, 9.17) is 0 Å². The summed E-state index contributed by atoms with van der Waals surface area (Å²) >= 11 is 0. The van der Waals surface area contributed by atoms with E-state index in [1.165, 1.54) is 18.3 Å². The maximum atomic E-state index is 12.9. The first kappa shape index (κ1) is 24.7. The van der Waals surface area contributed by atoms with E-state index in [1.54, 1.807) is 17.0 Å². The molecule has 0 aliphatic carbocycles. The molecule has 1 aliphatic heterocycles. The minimum Gasteiger partial charge on any atom is -0.435 e. The highest BCUT2D eigenvalue weighted by atomic mass is 19.4. The topological polar surface area (TPSA) is 67.4 Å². The number of hydrogen-bond donors (Lipinski definition) is 1. The second-order valence-corrected chi connectivity index (χ2v) is 7.93. The van der Waals surface area contributed by atoms with Gasteiger partial charge in [-0.1, -0.05) is 26.0 Å². The average molecular weight is 472 g/mol. The summed E-state index contributed by atoms with van der Waals surface area (Å²) in [5, 5.41) is 2.92. The van der Waals surface area contributed by atoms with Crippen molar-refractivity contribution in [1.29, 1.82) is 0 Å². The van der Waals surface area contributed by atoms with Gasteiger partial charge in [0.05, 0.1) is 24.2 Å². The van der Waals surface area contributed by atoms with Gasteiger partial charge in [0.15, 0.2) is 0 Å². The average Bonchev–Trinajstić information content (AvgIpc) is 2.76. The largest absolute Gasteiger partial charge is 0.435 e. The molecule has 1 aliphatic rings. The van der Waals surface area contributed by atoms with E-state index in [1.807, 2.05) is 6.92 Å². The smallest absolute Gasteiger partial charge is 0.391 e. The number of hydrogen-bond acceptors (Lipinski definition) is 4. The summed E-state index contributed by atoms with van der Waals surface area (Å²) in [6, 6.07) is 5.34. The van der Waals surface area contributed by atoms with Crippen LogP contribution in [0.3, 0.4) is 0 Å². The third-order valence-corrected chi connectivity index (χ3v) is 5.54. The van der Waals surface area contributed by atoms with E-state index < -0.39 is 18.7 Å². The quantitative estimate of drug-likeness (QED) is 0.574. The highest BCUT2D eigenvalue weighted by Gasteiger charge is 2.36. The molecular formula is C22H25F5N4O2. The zero-order valence-corrected chi connectivity index (χ0v) is 18.2. The molecule has 33 heavy (non-hydrogen) atoms. The number of carbonyl (C=O) groups excluding carboxylic acids is 1. The van der Waals surface area contributed by atoms with Crippen LogP contribution in [0.5, 0.6) is 5.75 Å². The number of benzene rings is 1. The number of alkyl halides is 5. The lowest BCUT2D eigenvalue weighted by atomic mass is 10.0. The van der Waals surface area contributed by atoms with Gasteiger partial charge in [-0.15, -0.1) is 0 Å². The second-order valence-electron chi connectivity index (χ2n) is 7.93. The maximum Gasteiger partial charge on any atom is 0.391 e. The molecule has 2 atom stereocenters. The molecule has 3 rings (SSSR count). The van der Waals surface area contributed by atoms with Crippen molar-refractivity contribution in [1.82, 2.24) is 20.2 Å². The normalized spacial score (nSPS) is 15.7. The molecule has 0 saturated carbocycles. The number of amides is 2. The van der Waals surface area contributed by atoms with Gasteiger partial charge in [-0.2, -0.15) is 22.0 Å². The zero-order valence-electron chi connectivity index (χ0n) is 18.2. The molecule has 2 aromatic rings. The number of fused-ring (bicyclic) bond motifs is 1. The Kier molecular flexibility index (Phi) is 7.70. The molecule has 2 amide bonds. The standard InChI is InChI=1S/C22H25F5N4O2/c1-3-17(14-4-6-16(7-5-14)33-20(23)24)30-21(32)31-9-8-15-11-28-19(29-18(15)12-31)10-13(2)22(25,26)27/h4-7,11,13,17,20H,3,8-10,12H2,1-2H3,(H,30,32)/t13-,17-/m1/s1. The van der Waals surface area contributed by atoms with Gasteiger partial charge in [-0.3, -0.25) is 0 Å². The molecule has 0 radical (unpaired) electrons. The van der Waals surface area contributed by atoms with Crippen LogP contribution in [0, 0.1) is 5.92 Å². The number of nitrogens with one attached hydrogen (secondary N) is 1. The summed E-state index contributed by atoms with van der Waals surface area (Å²) in [5.41, 5.74) is 2.08. The Bertz CT molecular complexity index is 953. The summed E-state index contributed by atoms with van der Waals surface area (Å²) in [4.78, 5) is 22.7. The van der Waals surface area contributed by atoms with Crippen molar-refractivity contribution < 1.29 is 31.5 Å². The van der Waals surface area contributed by atoms with E-state index >= 15 is 0 Å². The van der Waals surface area contributed by atoms with E-state index in [-0.39, 0.29) is 36.6 Å². The first-order valence-corrected chi connectivity index (χ1v) is 10.6. The van der Waals surface area contributed by atoms with E-state index in [2.05, 4.69) is 20.0 Å². The predicted molar refractivity (Wildman–Crippen MR) is 110 cm³/mol. The van der Waals surface area contributed by atoms with Crippen LogP contribution >= 0.6 is 0 Å². The fourth-order valence-electron chi connectivity index (χ4n) is 3.55. The fourth-order valence-corrected chi connectivity index (χ4v) is 3.55. The van der Waals surface area contributed by atoms with Crippen molar-refractivity contribution in [3.05, 3.63) is 53.1 Å². The Balaban J connectivity index is 1.65. The highest BCUT2D eigenvalue weighted by Crippen LogP contribution is 2.28. The number of nitrogens with zero attached hydrogens (tertiary/aromatic N) is 3. The lowest BCUT2D eigenvalue weighted by Crippen LogP contribution is -2.44. The maximum absolute atomic E-state index is 12.9. The summed E-state index contributed by atoms with van der Waals surface area (Å²) in [6.07, 6.45) is -2.06. The van der Waals surface area contributed by atoms with Gasteiger partial charge < -0.3 is 15.0 Å². The van der Waals surface area contributed by atoms with Crippen molar-refractivity contribution in [2.24, 2.45) is 5.92 Å². The van der Waals surface area contributed by atoms with Gasteiger partial charge in [0, 0.05) is 19.2 Å². The first-order chi connectivity index (χ1) is 15.6. The van der Waals surface area contributed by atoms with Crippen LogP contribution in [0.1, 0.15) is 49.0 Å². The summed E-state index contributed by atoms with van der Waals surface area (Å²) in [5.74, 6) is -1.45. The van der Waals surface area contributed by atoms with Crippen molar-refractivity contribution in [2.75, 3.05) is 6.54 Å². The molecule has 2 heterocycles. The molecule has 6 nitrogen and oxygen atoms in total. The number of rotatable bonds is 7. The van der Waals surface area contributed by atoms with Gasteiger partial charge in [0.1, 0.15) is 11.6 Å². The van der Waals surface area contributed by atoms with Crippen LogP contribution in [0.25, 0.3) is 0 Å². The number of carbonyl (C=O) groups is 1. The van der Waals surface area contributed by atoms with Crippen molar-refractivity contribution >= 4 is 6.03 Å². The van der Waals surface area contributed by atoms with Crippen LogP contribution in [-0.4, -0.2) is 40.2 Å². The second kappa shape index (κ2) is 10.3. The van der Waals surface area contributed by atoms with E-state index in [0.717, 1.165) is 18.1 Å². The van der Waals surface area contributed by atoms with Crippen molar-refractivity contribution in [3.8, 4) is 5.75 Å². The van der Waals surface area contributed by atoms with E-state index in [9.17, 15) is 26.7 Å². The minimum absolute atomic E-state index is 0.0258. The Labute approximate surface area is 188 Å². The lowest BCUT2D eigenvalue weighted by molar-refractivity contribution is -0.169. The van der Waals surface area contributed by atoms with Crippen LogP contribution in [-0.2, 0) is 19.4 Å². The molecule has 0 saturated heterocycles. The molecule has 1 N–H and O–H groups in total. The predicted octanol–water partition coefficient (Wildman–Crippen LogP) is 5.04. The van der Waals surface area contributed by atoms with Crippen molar-refractivity contribution in [3.63, 3.8) is 0 Å². The lowest BCUT2D eigenvalue weighted by Gasteiger charge is -2.30. The molecular weight excluding hydrogens is 447 g/mol. The number of ether oxygens (including phenoxy) is 1. The van der Waals surface area contributed by atoms with E-state index in [0.29, 0.717) is 25.1 Å². The van der Waals surface area contributed by atoms with Gasteiger partial charge in [0.25, 0.3) is 0 Å². The molecule has 0 spiro atoms. The third kappa shape index (κ3) is 6.52. The molecule has 1 aromatic carbocycles. The number of aromatic nitrogens is 2. The van der Waals surface area contributed by atoms with Crippen LogP contribution < -0.4 is 10.1 Å². The number of halogens is 5. The Hall–Kier alpha value is -2.98. The molecule has 1 aromatic heterocycles. The Morgan fingerprint density at radius 1 is 1.24 bits per heavy atom. The van der Waals surface area contributed by atoms with Crippen LogP contribution in [0.2, 0.25) is 0 Å². The van der Waals surface area contributed by atoms with Crippen LogP contribution in [0.15, 0.2) is 30.5 Å². The minimum atomic E-state index is -4.33. The zero-order chi connectivity index (χ0) is 24.2. The highest BCUT2D eigenvalue weighted by molar-refractivity contribution is 5.75. The molecule has 11 heteroatoms. The van der Waals surface area contributed by atoms with Gasteiger partial charge >= 0.3 is 18.8 Å². The fraction of sp³-hybridized carbons (Fsp3) is 0.500. The van der Waals surface area contributed by atoms with Crippen molar-refractivity contribution in [2.45, 2.75) is 58.5 Å². The van der Waals surface area contributed by atoms with Crippen LogP contribution in [0.4, 0.5) is 26.7 Å². The number of urea groups is 1. The Morgan fingerprint density at radius 2 is 1.94 bits per heavy atom. The molecule has 0 fully saturated rings. The monoisotopic (exact) mass is 472 g/mol. The molecule has 0 unspecified atom stereocenters. The third-order valence-electron chi connectivity index (χ3n) is 5.54.